The summed E-state index contributed by atoms with van der Waals surface area (Å²) in [5.74, 6) is 1.15. The van der Waals surface area contributed by atoms with Gasteiger partial charge in [-0.25, -0.2) is 9.97 Å². The lowest BCUT2D eigenvalue weighted by atomic mass is 10.3. The van der Waals surface area contributed by atoms with Gasteiger partial charge < -0.3 is 16.0 Å². The minimum absolute atomic E-state index is 0.457. The van der Waals surface area contributed by atoms with E-state index in [9.17, 15) is 0 Å². The number of nitrogens with one attached hydrogen (secondary N) is 1. The summed E-state index contributed by atoms with van der Waals surface area (Å²) in [6, 6.07) is 17.3. The van der Waals surface area contributed by atoms with Gasteiger partial charge in [0.2, 0.25) is 0 Å². The maximum atomic E-state index is 6.25. The summed E-state index contributed by atoms with van der Waals surface area (Å²) >= 11 is 6.17. The first-order chi connectivity index (χ1) is 11.2. The molecule has 0 aliphatic heterocycles. The molecule has 1 aromatic heterocycles. The van der Waals surface area contributed by atoms with E-state index in [-0.39, 0.29) is 0 Å². The number of hydrogen-bond donors (Lipinski definition) is 2. The standard InChI is InChI=1S/C17H16ClN5/c1-23(12-7-3-2-4-8-12)17-15(19)16(20-11-21-17)22-14-10-6-5-9-13(14)18/h2-11H,19H2,1H3,(H,20,21,22). The zero-order valence-electron chi connectivity index (χ0n) is 12.6. The molecule has 3 aromatic rings. The fourth-order valence-electron chi connectivity index (χ4n) is 2.22. The van der Waals surface area contributed by atoms with Crippen LogP contribution in [0.15, 0.2) is 60.9 Å². The lowest BCUT2D eigenvalue weighted by molar-refractivity contribution is 1.09. The first kappa shape index (κ1) is 15.1. The highest BCUT2D eigenvalue weighted by atomic mass is 35.5. The third-order valence-electron chi connectivity index (χ3n) is 3.45. The number of aromatic nitrogens is 2. The Morgan fingerprint density at radius 1 is 1.00 bits per heavy atom. The first-order valence-electron chi connectivity index (χ1n) is 7.07. The number of halogens is 1. The van der Waals surface area contributed by atoms with Crippen molar-refractivity contribution in [3.63, 3.8) is 0 Å². The molecule has 0 saturated carbocycles. The Balaban J connectivity index is 1.94. The number of benzene rings is 2. The van der Waals surface area contributed by atoms with Crippen molar-refractivity contribution in [2.24, 2.45) is 0 Å². The van der Waals surface area contributed by atoms with Crippen molar-refractivity contribution in [2.75, 3.05) is 23.0 Å². The summed E-state index contributed by atoms with van der Waals surface area (Å²) in [5, 5.41) is 3.75. The van der Waals surface area contributed by atoms with Crippen LogP contribution in [-0.2, 0) is 0 Å². The Morgan fingerprint density at radius 2 is 1.70 bits per heavy atom. The maximum absolute atomic E-state index is 6.25. The van der Waals surface area contributed by atoms with Crippen LogP contribution in [0.25, 0.3) is 0 Å². The van der Waals surface area contributed by atoms with E-state index in [1.54, 1.807) is 6.07 Å². The van der Waals surface area contributed by atoms with Gasteiger partial charge in [-0.1, -0.05) is 41.9 Å². The summed E-state index contributed by atoms with van der Waals surface area (Å²) in [4.78, 5) is 10.4. The number of anilines is 5. The average molecular weight is 326 g/mol. The van der Waals surface area contributed by atoms with Crippen molar-refractivity contribution in [1.82, 2.24) is 9.97 Å². The van der Waals surface area contributed by atoms with Crippen LogP contribution in [0.2, 0.25) is 5.02 Å². The van der Waals surface area contributed by atoms with E-state index >= 15 is 0 Å². The molecule has 0 saturated heterocycles. The molecule has 6 heteroatoms. The zero-order chi connectivity index (χ0) is 16.2. The van der Waals surface area contributed by atoms with E-state index in [1.165, 1.54) is 6.33 Å². The van der Waals surface area contributed by atoms with Crippen LogP contribution in [0.3, 0.4) is 0 Å². The normalized spacial score (nSPS) is 10.3. The van der Waals surface area contributed by atoms with Crippen molar-refractivity contribution in [3.05, 3.63) is 65.9 Å². The zero-order valence-corrected chi connectivity index (χ0v) is 13.3. The van der Waals surface area contributed by atoms with E-state index in [0.717, 1.165) is 11.4 Å². The van der Waals surface area contributed by atoms with Crippen LogP contribution >= 0.6 is 11.6 Å². The molecule has 0 amide bonds. The molecule has 0 spiro atoms. The largest absolute Gasteiger partial charge is 0.393 e. The van der Waals surface area contributed by atoms with Gasteiger partial charge in [-0.05, 0) is 24.3 Å². The van der Waals surface area contributed by atoms with Gasteiger partial charge in [0.05, 0.1) is 10.7 Å². The quantitative estimate of drug-likeness (QED) is 0.751. The second kappa shape index (κ2) is 6.54. The van der Waals surface area contributed by atoms with Crippen LogP contribution in [0, 0.1) is 0 Å². The fraction of sp³-hybridized carbons (Fsp3) is 0.0588. The lowest BCUT2D eigenvalue weighted by Gasteiger charge is -2.21. The fourth-order valence-corrected chi connectivity index (χ4v) is 2.40. The summed E-state index contributed by atoms with van der Waals surface area (Å²) < 4.78 is 0. The number of rotatable bonds is 4. The van der Waals surface area contributed by atoms with Gasteiger partial charge in [0, 0.05) is 12.7 Å². The molecule has 0 radical (unpaired) electrons. The minimum atomic E-state index is 0.457. The highest BCUT2D eigenvalue weighted by Gasteiger charge is 2.14. The molecule has 0 aliphatic rings. The van der Waals surface area contributed by atoms with Gasteiger partial charge in [0.1, 0.15) is 12.0 Å². The summed E-state index contributed by atoms with van der Waals surface area (Å²) in [6.07, 6.45) is 1.48. The van der Waals surface area contributed by atoms with E-state index in [1.807, 2.05) is 60.5 Å². The van der Waals surface area contributed by atoms with Crippen molar-refractivity contribution in [1.29, 1.82) is 0 Å². The Bertz CT molecular complexity index is 807. The molecule has 1 heterocycles. The molecule has 2 aromatic carbocycles. The second-order valence-electron chi connectivity index (χ2n) is 4.96. The molecule has 3 rings (SSSR count). The predicted octanol–water partition coefficient (Wildman–Crippen LogP) is 4.22. The van der Waals surface area contributed by atoms with Gasteiger partial charge in [0.25, 0.3) is 0 Å². The number of nitrogen functional groups attached to an aromatic ring is 1. The Morgan fingerprint density at radius 3 is 2.43 bits per heavy atom. The Hall–Kier alpha value is -2.79. The topological polar surface area (TPSA) is 67.1 Å². The number of para-hydroxylation sites is 2. The predicted molar refractivity (Wildman–Crippen MR) is 95.7 cm³/mol. The summed E-state index contributed by atoms with van der Waals surface area (Å²) in [6.45, 7) is 0. The highest BCUT2D eigenvalue weighted by Crippen LogP contribution is 2.33. The van der Waals surface area contributed by atoms with Crippen molar-refractivity contribution in [2.45, 2.75) is 0 Å². The van der Waals surface area contributed by atoms with E-state index in [4.69, 9.17) is 17.3 Å². The SMILES string of the molecule is CN(c1ccccc1)c1ncnc(Nc2ccccc2Cl)c1N. The highest BCUT2D eigenvalue weighted by molar-refractivity contribution is 6.33. The summed E-state index contributed by atoms with van der Waals surface area (Å²) in [7, 11) is 1.91. The smallest absolute Gasteiger partial charge is 0.161 e. The van der Waals surface area contributed by atoms with Crippen molar-refractivity contribution < 1.29 is 0 Å². The lowest BCUT2D eigenvalue weighted by Crippen LogP contribution is -2.15. The summed E-state index contributed by atoms with van der Waals surface area (Å²) in [5.41, 5.74) is 8.44. The van der Waals surface area contributed by atoms with Crippen molar-refractivity contribution in [3.8, 4) is 0 Å². The molecule has 3 N–H and O–H groups in total. The molecule has 5 nitrogen and oxygen atoms in total. The average Bonchev–Trinajstić information content (AvgIpc) is 2.59. The molecule has 0 atom stereocenters. The second-order valence-corrected chi connectivity index (χ2v) is 5.37. The van der Waals surface area contributed by atoms with Crippen LogP contribution in [0.5, 0.6) is 0 Å². The maximum Gasteiger partial charge on any atom is 0.161 e. The molecule has 0 unspecified atom stereocenters. The van der Waals surface area contributed by atoms with Crippen LogP contribution in [-0.4, -0.2) is 17.0 Å². The van der Waals surface area contributed by atoms with Crippen LogP contribution < -0.4 is 16.0 Å². The van der Waals surface area contributed by atoms with Gasteiger partial charge in [-0.2, -0.15) is 0 Å². The number of hydrogen-bond acceptors (Lipinski definition) is 5. The Kier molecular flexibility index (Phi) is 4.30. The van der Waals surface area contributed by atoms with Crippen molar-refractivity contribution >= 4 is 40.3 Å². The molecular weight excluding hydrogens is 310 g/mol. The van der Waals surface area contributed by atoms with Crippen LogP contribution in [0.1, 0.15) is 0 Å². The third-order valence-corrected chi connectivity index (χ3v) is 3.78. The van der Waals surface area contributed by atoms with E-state index < -0.39 is 0 Å². The first-order valence-corrected chi connectivity index (χ1v) is 7.45. The van der Waals surface area contributed by atoms with Gasteiger partial charge >= 0.3 is 0 Å². The molecule has 23 heavy (non-hydrogen) atoms. The van der Waals surface area contributed by atoms with Gasteiger partial charge in [0.15, 0.2) is 11.6 Å². The Labute approximate surface area is 139 Å². The molecular formula is C17H16ClN5. The van der Waals surface area contributed by atoms with E-state index in [0.29, 0.717) is 22.3 Å². The van der Waals surface area contributed by atoms with Gasteiger partial charge in [-0.3, -0.25) is 0 Å². The van der Waals surface area contributed by atoms with Gasteiger partial charge in [-0.15, -0.1) is 0 Å². The number of nitrogens with zero attached hydrogens (tertiary/aromatic N) is 3. The molecule has 0 aliphatic carbocycles. The number of nitrogens with two attached hydrogens (primary N) is 1. The van der Waals surface area contributed by atoms with Crippen LogP contribution in [0.4, 0.5) is 28.7 Å². The molecule has 116 valence electrons. The van der Waals surface area contributed by atoms with E-state index in [2.05, 4.69) is 15.3 Å². The monoisotopic (exact) mass is 325 g/mol. The third kappa shape index (κ3) is 3.19. The molecule has 0 fully saturated rings. The minimum Gasteiger partial charge on any atom is -0.393 e. The molecule has 0 bridgehead atoms.